The third-order valence-corrected chi connectivity index (χ3v) is 5.95. The van der Waals surface area contributed by atoms with Crippen LogP contribution in [0.1, 0.15) is 45.4 Å². The summed E-state index contributed by atoms with van der Waals surface area (Å²) in [5, 5.41) is 4.45. The summed E-state index contributed by atoms with van der Waals surface area (Å²) in [7, 11) is -8.96. The van der Waals surface area contributed by atoms with Crippen LogP contribution >= 0.6 is 0 Å². The number of hydrogen-bond acceptors (Lipinski definition) is 4. The van der Waals surface area contributed by atoms with Gasteiger partial charge >= 0.3 is 4.84 Å². The molecule has 0 saturated carbocycles. The van der Waals surface area contributed by atoms with E-state index in [1.165, 1.54) is 0 Å². The molecule has 0 amide bonds. The largest absolute Gasteiger partial charge is 0.313 e. The summed E-state index contributed by atoms with van der Waals surface area (Å²) in [6.45, 7) is 2.06. The Kier molecular flexibility index (Phi) is 7.18. The SMILES string of the molecule is CCCCCCCCS(=O)(=O)C(F)S(N)(=O)=O. The van der Waals surface area contributed by atoms with E-state index in [0.717, 1.165) is 25.7 Å². The Morgan fingerprint density at radius 2 is 1.47 bits per heavy atom. The van der Waals surface area contributed by atoms with Gasteiger partial charge in [-0.1, -0.05) is 39.0 Å². The zero-order valence-corrected chi connectivity index (χ0v) is 11.6. The number of halogens is 1. The summed E-state index contributed by atoms with van der Waals surface area (Å²) in [6.07, 6.45) is 4.95. The lowest BCUT2D eigenvalue weighted by Gasteiger charge is -2.07. The van der Waals surface area contributed by atoms with E-state index < -0.39 is 30.4 Å². The van der Waals surface area contributed by atoms with Crippen LogP contribution < -0.4 is 5.14 Å². The second-order valence-electron chi connectivity index (χ2n) is 4.00. The summed E-state index contributed by atoms with van der Waals surface area (Å²) in [4.78, 5) is -2.99. The molecule has 8 heteroatoms. The lowest BCUT2D eigenvalue weighted by Crippen LogP contribution is -2.33. The van der Waals surface area contributed by atoms with E-state index in [0.29, 0.717) is 6.42 Å². The Balaban J connectivity index is 4.04. The molecule has 0 aliphatic carbocycles. The molecule has 0 bridgehead atoms. The van der Waals surface area contributed by atoms with Crippen LogP contribution in [0.2, 0.25) is 0 Å². The Bertz CT molecular complexity index is 405. The first-order chi connectivity index (χ1) is 7.72. The van der Waals surface area contributed by atoms with Gasteiger partial charge in [0.2, 0.25) is 0 Å². The van der Waals surface area contributed by atoms with Gasteiger partial charge in [-0.05, 0) is 6.42 Å². The molecule has 0 saturated heterocycles. The molecule has 1 unspecified atom stereocenters. The maximum atomic E-state index is 13.0. The monoisotopic (exact) mass is 289 g/mol. The zero-order valence-electron chi connectivity index (χ0n) is 9.93. The van der Waals surface area contributed by atoms with Gasteiger partial charge in [0.15, 0.2) is 9.84 Å². The fourth-order valence-electron chi connectivity index (χ4n) is 1.38. The van der Waals surface area contributed by atoms with Crippen LogP contribution in [0.5, 0.6) is 0 Å². The summed E-state index contributed by atoms with van der Waals surface area (Å²) in [5.74, 6) is -0.475. The van der Waals surface area contributed by atoms with Crippen LogP contribution in [0.15, 0.2) is 0 Å². The van der Waals surface area contributed by atoms with Gasteiger partial charge in [-0.3, -0.25) is 0 Å². The van der Waals surface area contributed by atoms with Crippen LogP contribution in [-0.4, -0.2) is 27.4 Å². The van der Waals surface area contributed by atoms with Gasteiger partial charge in [0.05, 0.1) is 5.75 Å². The lowest BCUT2D eigenvalue weighted by atomic mass is 10.1. The Labute approximate surface area is 103 Å². The molecule has 0 spiro atoms. The molecular formula is C9H20FNO4S2. The van der Waals surface area contributed by atoms with Gasteiger partial charge in [0.1, 0.15) is 0 Å². The van der Waals surface area contributed by atoms with Crippen molar-refractivity contribution in [2.75, 3.05) is 5.75 Å². The predicted octanol–water partition coefficient (Wildman–Crippen LogP) is 1.30. The number of sulfone groups is 1. The number of nitrogens with two attached hydrogens (primary N) is 1. The quantitative estimate of drug-likeness (QED) is 0.647. The van der Waals surface area contributed by atoms with Crippen molar-refractivity contribution in [2.24, 2.45) is 5.14 Å². The zero-order chi connectivity index (χ0) is 13.5. The molecular weight excluding hydrogens is 269 g/mol. The molecule has 17 heavy (non-hydrogen) atoms. The normalized spacial score (nSPS) is 14.8. The average molecular weight is 289 g/mol. The van der Waals surface area contributed by atoms with Crippen molar-refractivity contribution in [3.63, 3.8) is 0 Å². The average Bonchev–Trinajstić information content (AvgIpc) is 2.20. The first kappa shape index (κ1) is 16.8. The Hall–Kier alpha value is -0.210. The van der Waals surface area contributed by atoms with Gasteiger partial charge in [0, 0.05) is 0 Å². The standard InChI is InChI=1S/C9H20FNO4S2/c1-2-3-4-5-6-7-8-16(12,13)9(10)17(11,14)15/h9H,2-8H2,1H3,(H2,11,14,15). The second kappa shape index (κ2) is 7.27. The second-order valence-corrected chi connectivity index (χ2v) is 8.04. The van der Waals surface area contributed by atoms with Crippen molar-refractivity contribution in [1.82, 2.24) is 0 Å². The van der Waals surface area contributed by atoms with Crippen LogP contribution in [0.4, 0.5) is 4.39 Å². The van der Waals surface area contributed by atoms with Crippen molar-refractivity contribution < 1.29 is 21.2 Å². The van der Waals surface area contributed by atoms with E-state index in [-0.39, 0.29) is 6.42 Å². The van der Waals surface area contributed by atoms with E-state index in [1.807, 2.05) is 0 Å². The van der Waals surface area contributed by atoms with Gasteiger partial charge < -0.3 is 0 Å². The van der Waals surface area contributed by atoms with E-state index in [9.17, 15) is 21.2 Å². The highest BCUT2D eigenvalue weighted by atomic mass is 32.3. The minimum atomic E-state index is -4.67. The molecule has 0 radical (unpaired) electrons. The first-order valence-corrected chi connectivity index (χ1v) is 8.91. The molecule has 0 aromatic carbocycles. The molecule has 5 nitrogen and oxygen atoms in total. The van der Waals surface area contributed by atoms with Crippen LogP contribution in [0.25, 0.3) is 0 Å². The van der Waals surface area contributed by atoms with E-state index in [1.54, 1.807) is 0 Å². The number of hydrogen-bond donors (Lipinski definition) is 1. The van der Waals surface area contributed by atoms with Gasteiger partial charge in [-0.25, -0.2) is 26.4 Å². The van der Waals surface area contributed by atoms with Crippen molar-refractivity contribution in [2.45, 2.75) is 50.3 Å². The van der Waals surface area contributed by atoms with E-state index >= 15 is 0 Å². The number of primary sulfonamides is 1. The fraction of sp³-hybridized carbons (Fsp3) is 1.00. The third kappa shape index (κ3) is 6.95. The minimum absolute atomic E-state index is 0.266. The highest BCUT2D eigenvalue weighted by Gasteiger charge is 2.34. The first-order valence-electron chi connectivity index (χ1n) is 5.59. The Morgan fingerprint density at radius 1 is 1.00 bits per heavy atom. The molecule has 1 atom stereocenters. The molecule has 104 valence electrons. The van der Waals surface area contributed by atoms with Crippen molar-refractivity contribution in [1.29, 1.82) is 0 Å². The molecule has 2 N–H and O–H groups in total. The van der Waals surface area contributed by atoms with Crippen LogP contribution in [-0.2, 0) is 19.9 Å². The predicted molar refractivity (Wildman–Crippen MR) is 65.2 cm³/mol. The number of sulfonamides is 1. The maximum absolute atomic E-state index is 13.0. The van der Waals surface area contributed by atoms with E-state index in [4.69, 9.17) is 0 Å². The number of rotatable bonds is 9. The van der Waals surface area contributed by atoms with E-state index in [2.05, 4.69) is 12.1 Å². The summed E-state index contributed by atoms with van der Waals surface area (Å²) >= 11 is 0. The van der Waals surface area contributed by atoms with Crippen molar-refractivity contribution in [3.05, 3.63) is 0 Å². The molecule has 0 aromatic heterocycles. The molecule has 0 fully saturated rings. The highest BCUT2D eigenvalue weighted by Crippen LogP contribution is 2.13. The molecule has 0 heterocycles. The fourth-order valence-corrected chi connectivity index (χ4v) is 4.10. The summed E-state index contributed by atoms with van der Waals surface area (Å²) in [5.41, 5.74) is 0. The van der Waals surface area contributed by atoms with Crippen LogP contribution in [0.3, 0.4) is 0 Å². The minimum Gasteiger partial charge on any atom is -0.225 e. The summed E-state index contributed by atoms with van der Waals surface area (Å²) in [6, 6.07) is 0. The molecule has 0 aliphatic rings. The van der Waals surface area contributed by atoms with Gasteiger partial charge in [-0.15, -0.1) is 0 Å². The van der Waals surface area contributed by atoms with Crippen molar-refractivity contribution in [3.8, 4) is 0 Å². The highest BCUT2D eigenvalue weighted by molar-refractivity contribution is 8.07. The topological polar surface area (TPSA) is 94.3 Å². The molecule has 0 aromatic rings. The lowest BCUT2D eigenvalue weighted by molar-refractivity contribution is 0.476. The maximum Gasteiger partial charge on any atom is 0.313 e. The van der Waals surface area contributed by atoms with Gasteiger partial charge in [-0.2, -0.15) is 0 Å². The third-order valence-electron chi connectivity index (χ3n) is 2.32. The summed E-state index contributed by atoms with van der Waals surface area (Å²) < 4.78 is 56.6. The van der Waals surface area contributed by atoms with Crippen LogP contribution in [0, 0.1) is 0 Å². The molecule has 0 aliphatic heterocycles. The van der Waals surface area contributed by atoms with Crippen molar-refractivity contribution >= 4 is 19.9 Å². The number of unbranched alkanes of at least 4 members (excludes halogenated alkanes) is 5. The Morgan fingerprint density at radius 3 is 1.94 bits per heavy atom. The molecule has 0 rings (SSSR count). The smallest absolute Gasteiger partial charge is 0.225 e. The number of alkyl halides is 1. The van der Waals surface area contributed by atoms with Gasteiger partial charge in [0.25, 0.3) is 10.0 Å².